The molecule has 23 heavy (non-hydrogen) atoms. The molecule has 0 amide bonds. The molecule has 0 aliphatic carbocycles. The number of carbonyl (C=O) groups is 1. The molecular weight excluding hydrogens is 314 g/mol. The lowest BCUT2D eigenvalue weighted by Gasteiger charge is -2.29. The van der Waals surface area contributed by atoms with Crippen LogP contribution in [-0.2, 0) is 19.6 Å². The molecule has 1 unspecified atom stereocenters. The summed E-state index contributed by atoms with van der Waals surface area (Å²) in [5.74, 6) is -0.597. The molecule has 1 N–H and O–H groups in total. The maximum absolute atomic E-state index is 12.9. The Balaban J connectivity index is 3.46. The summed E-state index contributed by atoms with van der Waals surface area (Å²) < 4.78 is 33.2. The van der Waals surface area contributed by atoms with Crippen LogP contribution in [0, 0.1) is 33.1 Å². The molecule has 0 radical (unpaired) electrons. The average molecular weight is 341 g/mol. The monoisotopic (exact) mass is 341 g/mol. The highest BCUT2D eigenvalue weighted by atomic mass is 32.2. The van der Waals surface area contributed by atoms with Crippen LogP contribution in [0.25, 0.3) is 0 Å². The fraction of sp³-hybridized carbons (Fsp3) is 0.588. The molecule has 130 valence electrons. The molecule has 0 aliphatic heterocycles. The maximum atomic E-state index is 12.9. The topological polar surface area (TPSA) is 72.5 Å². The molecule has 0 spiro atoms. The van der Waals surface area contributed by atoms with Gasteiger partial charge < -0.3 is 4.74 Å². The Morgan fingerprint density at radius 2 is 1.52 bits per heavy atom. The molecule has 0 aromatic heterocycles. The summed E-state index contributed by atoms with van der Waals surface area (Å²) in [6.45, 7) is 12.7. The van der Waals surface area contributed by atoms with Crippen molar-refractivity contribution in [2.24, 2.45) is 5.41 Å². The van der Waals surface area contributed by atoms with Crippen molar-refractivity contribution in [1.29, 1.82) is 0 Å². The molecule has 0 fully saturated rings. The summed E-state index contributed by atoms with van der Waals surface area (Å²) in [5.41, 5.74) is 2.58. The van der Waals surface area contributed by atoms with Crippen LogP contribution < -0.4 is 4.72 Å². The first kappa shape index (κ1) is 19.6. The van der Waals surface area contributed by atoms with Gasteiger partial charge in [-0.05, 0) is 55.4 Å². The summed E-state index contributed by atoms with van der Waals surface area (Å²) in [5, 5.41) is 0. The molecule has 1 atom stereocenters. The number of rotatable bonds is 4. The van der Waals surface area contributed by atoms with Gasteiger partial charge in [-0.15, -0.1) is 0 Å². The minimum Gasteiger partial charge on any atom is -0.468 e. The second-order valence-corrected chi connectivity index (χ2v) is 8.68. The van der Waals surface area contributed by atoms with Crippen molar-refractivity contribution in [2.45, 2.75) is 59.4 Å². The van der Waals surface area contributed by atoms with Gasteiger partial charge in [0.25, 0.3) is 0 Å². The Labute approximate surface area is 139 Å². The Hall–Kier alpha value is -1.40. The van der Waals surface area contributed by atoms with E-state index in [-0.39, 0.29) is 4.90 Å². The van der Waals surface area contributed by atoms with Gasteiger partial charge in [-0.25, -0.2) is 8.42 Å². The van der Waals surface area contributed by atoms with Crippen LogP contribution in [-0.4, -0.2) is 27.5 Å². The van der Waals surface area contributed by atoms with Gasteiger partial charge >= 0.3 is 5.97 Å². The highest BCUT2D eigenvalue weighted by molar-refractivity contribution is 7.89. The first-order valence-electron chi connectivity index (χ1n) is 7.50. The van der Waals surface area contributed by atoms with E-state index in [1.165, 1.54) is 7.11 Å². The summed E-state index contributed by atoms with van der Waals surface area (Å²) in [4.78, 5) is 12.3. The Bertz CT molecular complexity index is 689. The number of esters is 1. The van der Waals surface area contributed by atoms with Gasteiger partial charge in [0.1, 0.15) is 6.04 Å². The van der Waals surface area contributed by atoms with Gasteiger partial charge in [0.05, 0.1) is 12.0 Å². The molecule has 0 bridgehead atoms. The lowest BCUT2D eigenvalue weighted by atomic mass is 9.87. The third-order valence-corrected chi connectivity index (χ3v) is 5.84. The van der Waals surface area contributed by atoms with Crippen molar-refractivity contribution in [3.8, 4) is 0 Å². The number of carbonyl (C=O) groups excluding carboxylic acids is 1. The van der Waals surface area contributed by atoms with Crippen LogP contribution in [0.4, 0.5) is 0 Å². The van der Waals surface area contributed by atoms with Gasteiger partial charge in [-0.2, -0.15) is 4.72 Å². The van der Waals surface area contributed by atoms with E-state index in [4.69, 9.17) is 4.74 Å². The number of nitrogens with one attached hydrogen (secondary N) is 1. The number of sulfonamides is 1. The van der Waals surface area contributed by atoms with Crippen LogP contribution in [0.5, 0.6) is 0 Å². The maximum Gasteiger partial charge on any atom is 0.324 e. The smallest absolute Gasteiger partial charge is 0.324 e. The quantitative estimate of drug-likeness (QED) is 0.855. The number of ether oxygens (including phenoxy) is 1. The van der Waals surface area contributed by atoms with E-state index in [0.717, 1.165) is 11.1 Å². The predicted molar refractivity (Wildman–Crippen MR) is 91.0 cm³/mol. The van der Waals surface area contributed by atoms with E-state index in [9.17, 15) is 13.2 Å². The average Bonchev–Trinajstić information content (AvgIpc) is 2.40. The summed E-state index contributed by atoms with van der Waals surface area (Å²) in [7, 11) is -2.60. The molecule has 0 heterocycles. The van der Waals surface area contributed by atoms with E-state index < -0.39 is 27.4 Å². The van der Waals surface area contributed by atoms with Crippen molar-refractivity contribution >= 4 is 16.0 Å². The zero-order valence-corrected chi connectivity index (χ0v) is 16.0. The Kier molecular flexibility index (Phi) is 5.65. The highest BCUT2D eigenvalue weighted by Gasteiger charge is 2.37. The summed E-state index contributed by atoms with van der Waals surface area (Å²) in [6, 6.07) is 1.00. The second-order valence-electron chi connectivity index (χ2n) is 7.03. The van der Waals surface area contributed by atoms with E-state index >= 15 is 0 Å². The third-order valence-electron chi connectivity index (χ3n) is 4.14. The first-order valence-corrected chi connectivity index (χ1v) is 8.98. The van der Waals surface area contributed by atoms with E-state index in [0.29, 0.717) is 11.1 Å². The summed E-state index contributed by atoms with van der Waals surface area (Å²) in [6.07, 6.45) is 0. The van der Waals surface area contributed by atoms with Crippen LogP contribution in [0.3, 0.4) is 0 Å². The molecule has 1 aromatic rings. The molecule has 1 aromatic carbocycles. The number of hydrogen-bond donors (Lipinski definition) is 1. The SMILES string of the molecule is COC(=O)C(NS(=O)(=O)c1c(C)c(C)cc(C)c1C)C(C)(C)C. The first-order chi connectivity index (χ1) is 10.3. The molecule has 0 saturated carbocycles. The molecule has 1 rings (SSSR count). The molecular formula is C17H27NO4S. The fourth-order valence-corrected chi connectivity index (χ4v) is 4.50. The molecule has 0 saturated heterocycles. The fourth-order valence-electron chi connectivity index (χ4n) is 2.49. The van der Waals surface area contributed by atoms with E-state index in [2.05, 4.69) is 4.72 Å². The van der Waals surface area contributed by atoms with Crippen LogP contribution in [0.2, 0.25) is 0 Å². The highest BCUT2D eigenvalue weighted by Crippen LogP contribution is 2.28. The zero-order chi connectivity index (χ0) is 18.2. The van der Waals surface area contributed by atoms with Gasteiger partial charge in [0.2, 0.25) is 10.0 Å². The molecule has 0 aliphatic rings. The van der Waals surface area contributed by atoms with Crippen LogP contribution in [0.1, 0.15) is 43.0 Å². The molecule has 5 nitrogen and oxygen atoms in total. The van der Waals surface area contributed by atoms with Gasteiger partial charge in [-0.1, -0.05) is 26.8 Å². The number of benzene rings is 1. The Morgan fingerprint density at radius 3 is 1.87 bits per heavy atom. The van der Waals surface area contributed by atoms with Crippen LogP contribution >= 0.6 is 0 Å². The predicted octanol–water partition coefficient (Wildman–Crippen LogP) is 2.79. The third kappa shape index (κ3) is 4.12. The van der Waals surface area contributed by atoms with Crippen molar-refractivity contribution in [3.05, 3.63) is 28.3 Å². The zero-order valence-electron chi connectivity index (χ0n) is 15.2. The van der Waals surface area contributed by atoms with Crippen molar-refractivity contribution in [2.75, 3.05) is 7.11 Å². The van der Waals surface area contributed by atoms with Gasteiger partial charge in [0, 0.05) is 0 Å². The lowest BCUT2D eigenvalue weighted by Crippen LogP contribution is -2.49. The van der Waals surface area contributed by atoms with Crippen LogP contribution in [0.15, 0.2) is 11.0 Å². The minimum atomic E-state index is -3.85. The van der Waals surface area contributed by atoms with Crippen molar-refractivity contribution in [1.82, 2.24) is 4.72 Å². The minimum absolute atomic E-state index is 0.244. The molecule has 6 heteroatoms. The number of aryl methyl sites for hydroxylation is 2. The Morgan fingerprint density at radius 1 is 1.09 bits per heavy atom. The van der Waals surface area contributed by atoms with E-state index in [1.54, 1.807) is 34.6 Å². The summed E-state index contributed by atoms with van der Waals surface area (Å²) >= 11 is 0. The van der Waals surface area contributed by atoms with Crippen molar-refractivity contribution < 1.29 is 17.9 Å². The lowest BCUT2D eigenvalue weighted by molar-refractivity contribution is -0.145. The second kappa shape index (κ2) is 6.61. The van der Waals surface area contributed by atoms with Gasteiger partial charge in [-0.3, -0.25) is 4.79 Å². The van der Waals surface area contributed by atoms with E-state index in [1.807, 2.05) is 19.9 Å². The number of methoxy groups -OCH3 is 1. The largest absolute Gasteiger partial charge is 0.468 e. The standard InChI is InChI=1S/C17H27NO4S/c1-10-9-11(2)13(4)14(12(10)3)23(20,21)18-15(16(19)22-8)17(5,6)7/h9,15,18H,1-8H3. The number of hydrogen-bond acceptors (Lipinski definition) is 4. The van der Waals surface area contributed by atoms with Crippen molar-refractivity contribution in [3.63, 3.8) is 0 Å². The van der Waals surface area contributed by atoms with Gasteiger partial charge in [0.15, 0.2) is 0 Å². The normalized spacial score (nSPS) is 13.7.